The molecule has 2 rings (SSSR count). The molecule has 16 heavy (non-hydrogen) atoms. The van der Waals surface area contributed by atoms with Crippen LogP contribution in [0.2, 0.25) is 0 Å². The number of hydrogen-bond donors (Lipinski definition) is 2. The van der Waals surface area contributed by atoms with Gasteiger partial charge in [0.15, 0.2) is 0 Å². The van der Waals surface area contributed by atoms with E-state index in [2.05, 4.69) is 24.8 Å². The summed E-state index contributed by atoms with van der Waals surface area (Å²) in [5, 5.41) is 9.79. The smallest absolute Gasteiger partial charge is 0.118 e. The molecule has 0 aliphatic rings. The molecule has 0 heterocycles. The van der Waals surface area contributed by atoms with Crippen LogP contribution in [0.1, 0.15) is 16.4 Å². The highest BCUT2D eigenvalue weighted by molar-refractivity contribution is 7.80. The molecule has 0 radical (unpaired) electrons. The summed E-state index contributed by atoms with van der Waals surface area (Å²) in [4.78, 5) is 0. The zero-order valence-electron chi connectivity index (χ0n) is 8.88. The van der Waals surface area contributed by atoms with E-state index < -0.39 is 0 Å². The lowest BCUT2D eigenvalue weighted by atomic mass is 10.0. The molecule has 2 aromatic rings. The average molecular weight is 230 g/mol. The van der Waals surface area contributed by atoms with Gasteiger partial charge in [0, 0.05) is 5.25 Å². The SMILES string of the molecule is Oc1ccccc1CC(S)c1ccccc1. The quantitative estimate of drug-likeness (QED) is 0.772. The Bertz CT molecular complexity index is 453. The number of benzene rings is 2. The van der Waals surface area contributed by atoms with Crippen molar-refractivity contribution in [3.63, 3.8) is 0 Å². The number of thiol groups is 1. The van der Waals surface area contributed by atoms with Crippen molar-refractivity contribution in [1.82, 2.24) is 0 Å². The second-order valence-corrected chi connectivity index (χ2v) is 4.38. The Balaban J connectivity index is 2.14. The Kier molecular flexibility index (Phi) is 3.52. The predicted molar refractivity (Wildman–Crippen MR) is 70.0 cm³/mol. The molecule has 1 unspecified atom stereocenters. The first-order chi connectivity index (χ1) is 7.77. The van der Waals surface area contributed by atoms with Gasteiger partial charge in [-0.15, -0.1) is 0 Å². The van der Waals surface area contributed by atoms with E-state index in [0.717, 1.165) is 12.0 Å². The third kappa shape index (κ3) is 2.58. The summed E-state index contributed by atoms with van der Waals surface area (Å²) in [6.45, 7) is 0. The molecule has 1 N–H and O–H groups in total. The molecule has 0 fully saturated rings. The maximum atomic E-state index is 9.67. The maximum Gasteiger partial charge on any atom is 0.118 e. The molecular weight excluding hydrogens is 216 g/mol. The van der Waals surface area contributed by atoms with Crippen LogP contribution in [0, 0.1) is 0 Å². The second-order valence-electron chi connectivity index (χ2n) is 3.76. The lowest BCUT2D eigenvalue weighted by Crippen LogP contribution is -1.95. The van der Waals surface area contributed by atoms with E-state index in [1.54, 1.807) is 6.07 Å². The zero-order valence-corrected chi connectivity index (χ0v) is 9.77. The Hall–Kier alpha value is -1.41. The van der Waals surface area contributed by atoms with Gasteiger partial charge >= 0.3 is 0 Å². The number of phenolic OH excluding ortho intramolecular Hbond substituents is 1. The third-order valence-corrected chi connectivity index (χ3v) is 3.07. The van der Waals surface area contributed by atoms with Crippen molar-refractivity contribution in [1.29, 1.82) is 0 Å². The van der Waals surface area contributed by atoms with Crippen molar-refractivity contribution in [3.8, 4) is 5.75 Å². The fraction of sp³-hybridized carbons (Fsp3) is 0.143. The Morgan fingerprint density at radius 3 is 2.25 bits per heavy atom. The van der Waals surface area contributed by atoms with Crippen LogP contribution in [0.4, 0.5) is 0 Å². The van der Waals surface area contributed by atoms with Crippen molar-refractivity contribution in [2.45, 2.75) is 11.7 Å². The third-order valence-electron chi connectivity index (χ3n) is 2.59. The standard InChI is InChI=1S/C14H14OS/c15-13-9-5-4-8-12(13)10-14(16)11-6-2-1-3-7-11/h1-9,14-16H,10H2. The number of aromatic hydroxyl groups is 1. The summed E-state index contributed by atoms with van der Waals surface area (Å²) in [5.41, 5.74) is 2.11. The molecule has 2 aromatic carbocycles. The van der Waals surface area contributed by atoms with Gasteiger partial charge in [-0.05, 0) is 23.6 Å². The molecule has 0 saturated carbocycles. The van der Waals surface area contributed by atoms with Crippen molar-refractivity contribution in [3.05, 3.63) is 65.7 Å². The van der Waals surface area contributed by atoms with E-state index in [1.165, 1.54) is 5.56 Å². The molecule has 0 amide bonds. The van der Waals surface area contributed by atoms with Gasteiger partial charge in [0.25, 0.3) is 0 Å². The molecule has 0 bridgehead atoms. The van der Waals surface area contributed by atoms with E-state index in [4.69, 9.17) is 0 Å². The van der Waals surface area contributed by atoms with Gasteiger partial charge in [0.1, 0.15) is 5.75 Å². The van der Waals surface area contributed by atoms with Gasteiger partial charge in [0.2, 0.25) is 0 Å². The first-order valence-corrected chi connectivity index (χ1v) is 5.79. The van der Waals surface area contributed by atoms with Gasteiger partial charge < -0.3 is 5.11 Å². The van der Waals surface area contributed by atoms with E-state index >= 15 is 0 Å². The van der Waals surface area contributed by atoms with Crippen LogP contribution in [0.15, 0.2) is 54.6 Å². The molecule has 0 aromatic heterocycles. The molecule has 0 aliphatic heterocycles. The minimum absolute atomic E-state index is 0.120. The monoisotopic (exact) mass is 230 g/mol. The van der Waals surface area contributed by atoms with Crippen molar-refractivity contribution in [2.24, 2.45) is 0 Å². The van der Waals surface area contributed by atoms with E-state index in [1.807, 2.05) is 36.4 Å². The molecule has 0 saturated heterocycles. The lowest BCUT2D eigenvalue weighted by Gasteiger charge is -2.11. The molecule has 82 valence electrons. The minimum Gasteiger partial charge on any atom is -0.508 e. The van der Waals surface area contributed by atoms with Crippen LogP contribution in [0.3, 0.4) is 0 Å². The zero-order chi connectivity index (χ0) is 11.4. The summed E-state index contributed by atoms with van der Waals surface area (Å²) in [6, 6.07) is 17.5. The summed E-state index contributed by atoms with van der Waals surface area (Å²) in [7, 11) is 0. The average Bonchev–Trinajstić information content (AvgIpc) is 2.33. The van der Waals surface area contributed by atoms with Crippen molar-refractivity contribution >= 4 is 12.6 Å². The van der Waals surface area contributed by atoms with E-state index in [0.29, 0.717) is 5.75 Å². The van der Waals surface area contributed by atoms with Crippen LogP contribution in [-0.4, -0.2) is 5.11 Å². The van der Waals surface area contributed by atoms with Crippen LogP contribution < -0.4 is 0 Å². The first-order valence-electron chi connectivity index (χ1n) is 5.27. The largest absolute Gasteiger partial charge is 0.508 e. The lowest BCUT2D eigenvalue weighted by molar-refractivity contribution is 0.468. The molecule has 1 atom stereocenters. The van der Waals surface area contributed by atoms with Crippen LogP contribution in [-0.2, 0) is 6.42 Å². The molecule has 0 aliphatic carbocycles. The molecule has 2 heteroatoms. The Labute approximate surface area is 101 Å². The maximum absolute atomic E-state index is 9.67. The Morgan fingerprint density at radius 1 is 0.938 bits per heavy atom. The normalized spacial score (nSPS) is 12.3. The predicted octanol–water partition coefficient (Wildman–Crippen LogP) is 3.61. The van der Waals surface area contributed by atoms with Crippen molar-refractivity contribution < 1.29 is 5.11 Å². The fourth-order valence-electron chi connectivity index (χ4n) is 1.68. The highest BCUT2D eigenvalue weighted by Gasteiger charge is 2.09. The van der Waals surface area contributed by atoms with Crippen LogP contribution >= 0.6 is 12.6 Å². The van der Waals surface area contributed by atoms with Crippen LogP contribution in [0.5, 0.6) is 5.75 Å². The summed E-state index contributed by atoms with van der Waals surface area (Å²) < 4.78 is 0. The van der Waals surface area contributed by atoms with Gasteiger partial charge in [-0.3, -0.25) is 0 Å². The van der Waals surface area contributed by atoms with Gasteiger partial charge in [0.05, 0.1) is 0 Å². The molecular formula is C14H14OS. The van der Waals surface area contributed by atoms with Gasteiger partial charge in [-0.2, -0.15) is 12.6 Å². The Morgan fingerprint density at radius 2 is 1.56 bits per heavy atom. The van der Waals surface area contributed by atoms with E-state index in [-0.39, 0.29) is 5.25 Å². The first kappa shape index (κ1) is 11.1. The highest BCUT2D eigenvalue weighted by Crippen LogP contribution is 2.27. The topological polar surface area (TPSA) is 20.2 Å². The number of phenols is 1. The summed E-state index contributed by atoms with van der Waals surface area (Å²) in [6.07, 6.45) is 0.736. The molecule has 1 nitrogen and oxygen atoms in total. The summed E-state index contributed by atoms with van der Waals surface area (Å²) in [5.74, 6) is 0.345. The van der Waals surface area contributed by atoms with Gasteiger partial charge in [-0.1, -0.05) is 48.5 Å². The summed E-state index contributed by atoms with van der Waals surface area (Å²) >= 11 is 4.57. The molecule has 0 spiro atoms. The van der Waals surface area contributed by atoms with Crippen molar-refractivity contribution in [2.75, 3.05) is 0 Å². The van der Waals surface area contributed by atoms with Gasteiger partial charge in [-0.25, -0.2) is 0 Å². The number of para-hydroxylation sites is 1. The fourth-order valence-corrected chi connectivity index (χ4v) is 2.05. The number of rotatable bonds is 3. The van der Waals surface area contributed by atoms with Crippen LogP contribution in [0.25, 0.3) is 0 Å². The minimum atomic E-state index is 0.120. The second kappa shape index (κ2) is 5.08. The van der Waals surface area contributed by atoms with E-state index in [9.17, 15) is 5.11 Å². The number of hydrogen-bond acceptors (Lipinski definition) is 2. The highest BCUT2D eigenvalue weighted by atomic mass is 32.1.